The highest BCUT2D eigenvalue weighted by Gasteiger charge is 2.43. The molecule has 1 aromatic carbocycles. The summed E-state index contributed by atoms with van der Waals surface area (Å²) in [6, 6.07) is 10.4. The first-order chi connectivity index (χ1) is 18.5. The van der Waals surface area contributed by atoms with Gasteiger partial charge in [0.1, 0.15) is 5.82 Å². The van der Waals surface area contributed by atoms with Crippen LogP contribution in [0.4, 0.5) is 13.2 Å². The molecule has 1 saturated heterocycles. The number of likely N-dealkylation sites (tertiary alicyclic amines) is 1. The molecule has 3 aliphatic heterocycles. The number of carbonyl (C=O) groups excluding carboxylic acids is 1. The molecule has 12 heteroatoms. The fourth-order valence-electron chi connectivity index (χ4n) is 5.53. The van der Waals surface area contributed by atoms with Gasteiger partial charge >= 0.3 is 12.1 Å². The number of ether oxygens (including phenoxy) is 1. The smallest absolute Gasteiger partial charge is 0.475 e. The third kappa shape index (κ3) is 6.85. The van der Waals surface area contributed by atoms with E-state index in [0.717, 1.165) is 75.5 Å². The molecule has 1 aromatic heterocycles. The standard InChI is InChI=1S/C25H32N4O3.C2HF3O2/c1-32-14-8-23(30)28-12-9-25(10-13-28)15-22-26-21-7-11-27(16-19-5-3-2-4-6-19)17-20(21)24(31)29(22)18-25;3-2(4,5)1(6)7/h2-6H,7-18H2,1H3;(H,6,7). The number of benzene rings is 1. The summed E-state index contributed by atoms with van der Waals surface area (Å²) in [5, 5.41) is 7.12. The summed E-state index contributed by atoms with van der Waals surface area (Å²) in [4.78, 5) is 44.0. The molecule has 212 valence electrons. The Labute approximate surface area is 224 Å². The number of halogens is 3. The van der Waals surface area contributed by atoms with Crippen molar-refractivity contribution in [3.8, 4) is 0 Å². The molecule has 0 bridgehead atoms. The predicted molar refractivity (Wildman–Crippen MR) is 135 cm³/mol. The van der Waals surface area contributed by atoms with Crippen molar-refractivity contribution < 1.29 is 32.6 Å². The van der Waals surface area contributed by atoms with Crippen LogP contribution in [-0.4, -0.2) is 75.9 Å². The number of alkyl halides is 3. The summed E-state index contributed by atoms with van der Waals surface area (Å²) >= 11 is 0. The van der Waals surface area contributed by atoms with E-state index >= 15 is 0 Å². The fraction of sp³-hybridized carbons (Fsp3) is 0.556. The highest BCUT2D eigenvalue weighted by molar-refractivity contribution is 5.76. The van der Waals surface area contributed by atoms with Gasteiger partial charge in [0.05, 0.1) is 24.3 Å². The highest BCUT2D eigenvalue weighted by atomic mass is 19.4. The van der Waals surface area contributed by atoms with Crippen LogP contribution in [-0.2, 0) is 46.8 Å². The Hall–Kier alpha value is -3.25. The number of fused-ring (bicyclic) bond motifs is 2. The van der Waals surface area contributed by atoms with Crippen molar-refractivity contribution in [2.75, 3.05) is 33.4 Å². The van der Waals surface area contributed by atoms with Crippen LogP contribution in [0.25, 0.3) is 0 Å². The minimum atomic E-state index is -5.08. The van der Waals surface area contributed by atoms with E-state index in [1.54, 1.807) is 7.11 Å². The third-order valence-electron chi connectivity index (χ3n) is 7.69. The Bertz CT molecular complexity index is 1240. The fourth-order valence-corrected chi connectivity index (χ4v) is 5.53. The number of amides is 1. The van der Waals surface area contributed by atoms with Crippen molar-refractivity contribution in [1.82, 2.24) is 19.4 Å². The molecule has 1 N–H and O–H groups in total. The van der Waals surface area contributed by atoms with E-state index in [0.29, 0.717) is 19.6 Å². The topological polar surface area (TPSA) is 105 Å². The minimum Gasteiger partial charge on any atom is -0.475 e. The van der Waals surface area contributed by atoms with Gasteiger partial charge < -0.3 is 14.7 Å². The first-order valence-electron chi connectivity index (χ1n) is 13.0. The summed E-state index contributed by atoms with van der Waals surface area (Å²) in [6.07, 6.45) is -1.10. The van der Waals surface area contributed by atoms with Gasteiger partial charge in [-0.3, -0.25) is 19.1 Å². The van der Waals surface area contributed by atoms with Crippen molar-refractivity contribution in [2.45, 2.75) is 57.9 Å². The Morgan fingerprint density at radius 2 is 1.79 bits per heavy atom. The van der Waals surface area contributed by atoms with Gasteiger partial charge in [-0.05, 0) is 23.8 Å². The van der Waals surface area contributed by atoms with Crippen LogP contribution in [0, 0.1) is 5.41 Å². The van der Waals surface area contributed by atoms with E-state index in [4.69, 9.17) is 19.6 Å². The monoisotopic (exact) mass is 550 g/mol. The third-order valence-corrected chi connectivity index (χ3v) is 7.69. The SMILES string of the molecule is COCCC(=O)N1CCC2(CC1)Cc1nc3c(c(=O)n1C2)CN(Cc1ccccc1)CC3.O=C(O)C(F)(F)F. The second-order valence-corrected chi connectivity index (χ2v) is 10.4. The van der Waals surface area contributed by atoms with E-state index in [2.05, 4.69) is 29.2 Å². The number of carbonyl (C=O) groups is 2. The number of carboxylic acids is 1. The molecular weight excluding hydrogens is 517 g/mol. The zero-order valence-corrected chi connectivity index (χ0v) is 21.9. The Morgan fingerprint density at radius 3 is 2.41 bits per heavy atom. The lowest BCUT2D eigenvalue weighted by Crippen LogP contribution is -2.44. The summed E-state index contributed by atoms with van der Waals surface area (Å²) < 4.78 is 38.7. The first-order valence-corrected chi connectivity index (χ1v) is 13.0. The van der Waals surface area contributed by atoms with Crippen LogP contribution in [0.3, 0.4) is 0 Å². The molecule has 1 amide bonds. The Morgan fingerprint density at radius 1 is 1.13 bits per heavy atom. The molecule has 3 aliphatic rings. The van der Waals surface area contributed by atoms with E-state index in [9.17, 15) is 22.8 Å². The number of aliphatic carboxylic acids is 1. The molecule has 5 rings (SSSR count). The van der Waals surface area contributed by atoms with Crippen LogP contribution in [0.1, 0.15) is 41.9 Å². The lowest BCUT2D eigenvalue weighted by atomic mass is 9.77. The number of nitrogens with zero attached hydrogens (tertiary/aromatic N) is 4. The van der Waals surface area contributed by atoms with Crippen molar-refractivity contribution in [3.05, 3.63) is 63.3 Å². The van der Waals surface area contributed by atoms with Crippen LogP contribution < -0.4 is 5.56 Å². The molecule has 0 saturated carbocycles. The van der Waals surface area contributed by atoms with Crippen LogP contribution in [0.2, 0.25) is 0 Å². The number of rotatable bonds is 5. The van der Waals surface area contributed by atoms with E-state index in [1.165, 1.54) is 5.56 Å². The zero-order valence-electron chi connectivity index (χ0n) is 21.9. The molecule has 39 heavy (non-hydrogen) atoms. The van der Waals surface area contributed by atoms with Gasteiger partial charge in [0.2, 0.25) is 5.91 Å². The molecule has 1 spiro atoms. The Balaban J connectivity index is 0.000000448. The quantitative estimate of drug-likeness (QED) is 0.610. The van der Waals surface area contributed by atoms with Crippen molar-refractivity contribution in [1.29, 1.82) is 0 Å². The maximum atomic E-state index is 13.4. The normalized spacial score (nSPS) is 18.2. The maximum absolute atomic E-state index is 13.4. The van der Waals surface area contributed by atoms with Gasteiger partial charge in [-0.15, -0.1) is 0 Å². The van der Waals surface area contributed by atoms with Gasteiger partial charge in [0.25, 0.3) is 5.56 Å². The first kappa shape index (κ1) is 28.8. The average Bonchev–Trinajstić information content (AvgIpc) is 3.26. The average molecular weight is 551 g/mol. The molecule has 0 unspecified atom stereocenters. The zero-order chi connectivity index (χ0) is 28.2. The van der Waals surface area contributed by atoms with Crippen molar-refractivity contribution in [3.63, 3.8) is 0 Å². The van der Waals surface area contributed by atoms with E-state index in [1.807, 2.05) is 15.5 Å². The molecule has 4 heterocycles. The lowest BCUT2D eigenvalue weighted by molar-refractivity contribution is -0.192. The van der Waals surface area contributed by atoms with Crippen LogP contribution in [0.15, 0.2) is 35.1 Å². The molecule has 2 aromatic rings. The van der Waals surface area contributed by atoms with Gasteiger partial charge in [-0.2, -0.15) is 13.2 Å². The molecule has 1 fully saturated rings. The summed E-state index contributed by atoms with van der Waals surface area (Å²) in [5.41, 5.74) is 3.36. The number of piperidine rings is 1. The number of hydrogen-bond acceptors (Lipinski definition) is 6. The molecule has 0 radical (unpaired) electrons. The van der Waals surface area contributed by atoms with Gasteiger partial charge in [0, 0.05) is 59.2 Å². The molecular formula is C27H33F3N4O5. The van der Waals surface area contributed by atoms with Crippen molar-refractivity contribution in [2.24, 2.45) is 5.41 Å². The van der Waals surface area contributed by atoms with Gasteiger partial charge in [0.15, 0.2) is 0 Å². The summed E-state index contributed by atoms with van der Waals surface area (Å²) in [5.74, 6) is -1.64. The van der Waals surface area contributed by atoms with Crippen LogP contribution in [0.5, 0.6) is 0 Å². The number of carboxylic acid groups (broad SMARTS) is 1. The lowest BCUT2D eigenvalue weighted by Gasteiger charge is -2.38. The van der Waals surface area contributed by atoms with Gasteiger partial charge in [-0.1, -0.05) is 30.3 Å². The number of hydrogen-bond donors (Lipinski definition) is 1. The van der Waals surface area contributed by atoms with Crippen molar-refractivity contribution >= 4 is 11.9 Å². The van der Waals surface area contributed by atoms with E-state index < -0.39 is 12.1 Å². The number of methoxy groups -OCH3 is 1. The van der Waals surface area contributed by atoms with Gasteiger partial charge in [-0.25, -0.2) is 9.78 Å². The molecule has 9 nitrogen and oxygen atoms in total. The molecule has 0 atom stereocenters. The summed E-state index contributed by atoms with van der Waals surface area (Å²) in [7, 11) is 1.62. The van der Waals surface area contributed by atoms with E-state index in [-0.39, 0.29) is 16.9 Å². The van der Waals surface area contributed by atoms with Crippen LogP contribution >= 0.6 is 0 Å². The molecule has 0 aliphatic carbocycles. The Kier molecular flexibility index (Phi) is 8.75. The minimum absolute atomic E-state index is 0.0604. The highest BCUT2D eigenvalue weighted by Crippen LogP contribution is 2.40. The maximum Gasteiger partial charge on any atom is 0.490 e. The second-order valence-electron chi connectivity index (χ2n) is 10.4. The second kappa shape index (κ2) is 11.9. The number of aromatic nitrogens is 2. The predicted octanol–water partition coefficient (Wildman–Crippen LogP) is 2.64. The summed E-state index contributed by atoms with van der Waals surface area (Å²) in [6.45, 7) is 5.19. The largest absolute Gasteiger partial charge is 0.490 e.